The summed E-state index contributed by atoms with van der Waals surface area (Å²) in [6.45, 7) is 18.4. The van der Waals surface area contributed by atoms with Gasteiger partial charge >= 0.3 is 5.97 Å². The Balaban J connectivity index is 2.15. The van der Waals surface area contributed by atoms with E-state index in [2.05, 4.69) is 60.0 Å². The monoisotopic (exact) mass is 920 g/mol. The highest BCUT2D eigenvalue weighted by atomic mass is 28.4. The van der Waals surface area contributed by atoms with Crippen molar-refractivity contribution in [1.29, 1.82) is 0 Å². The Morgan fingerprint density at radius 2 is 1.08 bits per heavy atom. The first kappa shape index (κ1) is 57.9. The molecule has 0 bridgehead atoms. The molecule has 1 aromatic rings. The molecule has 0 aromatic heterocycles. The van der Waals surface area contributed by atoms with Gasteiger partial charge in [0.1, 0.15) is 18.2 Å². The normalized spacial score (nSPS) is 19.1. The molecule has 1 aliphatic rings. The van der Waals surface area contributed by atoms with E-state index in [1.807, 2.05) is 0 Å². The minimum Gasteiger partial charge on any atom is -0.490 e. The summed E-state index contributed by atoms with van der Waals surface area (Å²) >= 11 is 0. The van der Waals surface area contributed by atoms with Gasteiger partial charge in [0.2, 0.25) is 0 Å². The van der Waals surface area contributed by atoms with Crippen LogP contribution in [0.4, 0.5) is 0 Å². The molecule has 11 heteroatoms. The molecule has 0 saturated carbocycles. The van der Waals surface area contributed by atoms with Gasteiger partial charge in [0.05, 0.1) is 19.8 Å². The first-order chi connectivity index (χ1) is 30.7. The maximum Gasteiger partial charge on any atom is 0.306 e. The molecule has 1 aliphatic heterocycles. The zero-order chi connectivity index (χ0) is 47.1. The summed E-state index contributed by atoms with van der Waals surface area (Å²) in [7, 11) is -2.25. The number of aliphatic hydroxyl groups is 2. The van der Waals surface area contributed by atoms with Crippen LogP contribution < -0.4 is 14.8 Å². The Hall–Kier alpha value is -2.18. The van der Waals surface area contributed by atoms with Crippen molar-refractivity contribution < 1.29 is 43.2 Å². The second-order valence-electron chi connectivity index (χ2n) is 20.2. The van der Waals surface area contributed by atoms with Gasteiger partial charge < -0.3 is 38.9 Å². The molecule has 5 atom stereocenters. The molecule has 2 rings (SSSR count). The molecule has 372 valence electrons. The predicted octanol–water partition coefficient (Wildman–Crippen LogP) is 13.5. The molecule has 0 unspecified atom stereocenters. The van der Waals surface area contributed by atoms with Crippen molar-refractivity contribution in [2.75, 3.05) is 19.8 Å². The number of hydrogen-bond donors (Lipinski definition) is 3. The van der Waals surface area contributed by atoms with Crippen LogP contribution in [0.2, 0.25) is 18.1 Å². The molecule has 1 saturated heterocycles. The van der Waals surface area contributed by atoms with Crippen molar-refractivity contribution in [2.24, 2.45) is 0 Å². The van der Waals surface area contributed by atoms with Crippen molar-refractivity contribution in [3.8, 4) is 11.5 Å². The third-order valence-corrected chi connectivity index (χ3v) is 17.9. The van der Waals surface area contributed by atoms with Gasteiger partial charge in [0.25, 0.3) is 5.91 Å². The van der Waals surface area contributed by atoms with E-state index in [9.17, 15) is 19.8 Å². The van der Waals surface area contributed by atoms with Crippen LogP contribution >= 0.6 is 0 Å². The van der Waals surface area contributed by atoms with E-state index in [1.165, 1.54) is 122 Å². The van der Waals surface area contributed by atoms with Crippen LogP contribution in [0.25, 0.3) is 0 Å². The molecular formula is C53H97NO9Si. The number of unbranched alkanes of at least 4 members (excludes halogenated alkanes) is 24. The Labute approximate surface area is 392 Å². The number of carbonyl (C=O) groups is 2. The van der Waals surface area contributed by atoms with Gasteiger partial charge in [-0.15, -0.1) is 0 Å². The van der Waals surface area contributed by atoms with Crippen LogP contribution in [0, 0.1) is 0 Å². The van der Waals surface area contributed by atoms with Gasteiger partial charge in [0, 0.05) is 12.0 Å². The van der Waals surface area contributed by atoms with E-state index in [0.29, 0.717) is 36.7 Å². The second-order valence-corrected chi connectivity index (χ2v) is 25.0. The quantitative estimate of drug-likeness (QED) is 0.0337. The van der Waals surface area contributed by atoms with Crippen LogP contribution in [0.1, 0.15) is 232 Å². The van der Waals surface area contributed by atoms with Crippen molar-refractivity contribution in [3.63, 3.8) is 0 Å². The van der Waals surface area contributed by atoms with Crippen LogP contribution in [0.5, 0.6) is 11.5 Å². The first-order valence-corrected chi connectivity index (χ1v) is 29.2. The van der Waals surface area contributed by atoms with Crippen molar-refractivity contribution in [1.82, 2.24) is 5.32 Å². The van der Waals surface area contributed by atoms with Crippen LogP contribution in [-0.2, 0) is 18.7 Å². The molecule has 1 heterocycles. The first-order valence-electron chi connectivity index (χ1n) is 26.3. The number of aliphatic hydroxyl groups excluding tert-OH is 2. The lowest BCUT2D eigenvalue weighted by Crippen LogP contribution is -2.65. The smallest absolute Gasteiger partial charge is 0.306 e. The highest BCUT2D eigenvalue weighted by Gasteiger charge is 2.49. The topological polar surface area (TPSA) is 133 Å². The number of amides is 1. The van der Waals surface area contributed by atoms with Gasteiger partial charge in [0.15, 0.2) is 32.2 Å². The fraction of sp³-hybridized carbons (Fsp3) is 0.849. The Kier molecular flexibility index (Phi) is 30.9. The summed E-state index contributed by atoms with van der Waals surface area (Å²) in [5.74, 6) is 0.0866. The van der Waals surface area contributed by atoms with E-state index in [-0.39, 0.29) is 18.1 Å². The van der Waals surface area contributed by atoms with E-state index in [0.717, 1.165) is 44.9 Å². The standard InChI is InChI=1S/C53H97NO9Si/c1-9-12-15-18-21-24-25-26-27-30-33-36-47(55)63-50-48(52(58)62-46(49(50)56)42-61-64(7,8)53(4,5)6)54-51(57)43-37-38-44(59-39-34-31-28-22-19-16-13-10-2)45(41-43)60-40-35-32-29-23-20-17-14-11-3/h37-38,41,46,48-50,52,56,58H,9-36,39-40,42H2,1-8H3,(H,54,57)/t46-,48-,49-,50-,52-/m1/s1. The zero-order valence-electron chi connectivity index (χ0n) is 42.3. The minimum atomic E-state index is -2.25. The average Bonchev–Trinajstić information content (AvgIpc) is 3.26. The molecule has 10 nitrogen and oxygen atoms in total. The van der Waals surface area contributed by atoms with Crippen molar-refractivity contribution >= 4 is 20.2 Å². The fourth-order valence-corrected chi connectivity index (χ4v) is 8.98. The summed E-state index contributed by atoms with van der Waals surface area (Å²) in [5, 5.41) is 25.9. The van der Waals surface area contributed by atoms with E-state index in [4.69, 9.17) is 23.4 Å². The minimum absolute atomic E-state index is 0.0159. The van der Waals surface area contributed by atoms with Gasteiger partial charge in [-0.25, -0.2) is 0 Å². The van der Waals surface area contributed by atoms with E-state index >= 15 is 0 Å². The van der Waals surface area contributed by atoms with E-state index in [1.54, 1.807) is 18.2 Å². The maximum atomic E-state index is 14.0. The summed E-state index contributed by atoms with van der Waals surface area (Å²) in [4.78, 5) is 27.4. The molecule has 1 aromatic carbocycles. The van der Waals surface area contributed by atoms with Crippen molar-refractivity contribution in [2.45, 2.75) is 270 Å². The number of carbonyl (C=O) groups excluding carboxylic acids is 2. The Morgan fingerprint density at radius 1 is 0.641 bits per heavy atom. The van der Waals surface area contributed by atoms with Crippen LogP contribution in [0.15, 0.2) is 18.2 Å². The fourth-order valence-electron chi connectivity index (χ4n) is 7.97. The molecule has 0 spiro atoms. The molecule has 0 radical (unpaired) electrons. The summed E-state index contributed by atoms with van der Waals surface area (Å²) in [6.07, 6.45) is 26.9. The van der Waals surface area contributed by atoms with Gasteiger partial charge in [-0.1, -0.05) is 196 Å². The Bertz CT molecular complexity index is 1350. The lowest BCUT2D eigenvalue weighted by Gasteiger charge is -2.44. The van der Waals surface area contributed by atoms with Crippen LogP contribution in [-0.4, -0.2) is 80.9 Å². The van der Waals surface area contributed by atoms with E-state index < -0.39 is 50.8 Å². The molecule has 1 fully saturated rings. The number of hydrogen-bond acceptors (Lipinski definition) is 9. The summed E-state index contributed by atoms with van der Waals surface area (Å²) < 4.78 is 30.8. The van der Waals surface area contributed by atoms with Crippen molar-refractivity contribution in [3.05, 3.63) is 23.8 Å². The number of benzene rings is 1. The highest BCUT2D eigenvalue weighted by molar-refractivity contribution is 6.74. The third kappa shape index (κ3) is 24.0. The maximum absolute atomic E-state index is 14.0. The lowest BCUT2D eigenvalue weighted by molar-refractivity contribution is -0.256. The SMILES string of the molecule is CCCCCCCCCCCCCC(=O)O[C@H]1[C@H](O)[C@@H](CO[Si](C)(C)C(C)(C)C)O[C@@H](O)[C@@H]1NC(=O)c1ccc(OCCCCCCCCCC)c(OCCCCCCCCCC)c1. The number of nitrogens with one attached hydrogen (secondary N) is 1. The summed E-state index contributed by atoms with van der Waals surface area (Å²) in [5.41, 5.74) is 0.293. The van der Waals surface area contributed by atoms with Crippen LogP contribution in [0.3, 0.4) is 0 Å². The van der Waals surface area contributed by atoms with Gasteiger partial charge in [-0.3, -0.25) is 9.59 Å². The molecule has 1 amide bonds. The second kappa shape index (κ2) is 34.2. The zero-order valence-corrected chi connectivity index (χ0v) is 43.3. The molecule has 64 heavy (non-hydrogen) atoms. The van der Waals surface area contributed by atoms with Gasteiger partial charge in [-0.2, -0.15) is 0 Å². The molecule has 3 N–H and O–H groups in total. The largest absolute Gasteiger partial charge is 0.490 e. The average molecular weight is 920 g/mol. The third-order valence-electron chi connectivity index (χ3n) is 13.4. The molecular weight excluding hydrogens is 823 g/mol. The molecule has 0 aliphatic carbocycles. The van der Waals surface area contributed by atoms with Gasteiger partial charge in [-0.05, 0) is 55.6 Å². The number of rotatable bonds is 38. The number of esters is 1. The number of ether oxygens (including phenoxy) is 4. The predicted molar refractivity (Wildman–Crippen MR) is 265 cm³/mol. The lowest BCUT2D eigenvalue weighted by atomic mass is 9.96. The summed E-state index contributed by atoms with van der Waals surface area (Å²) in [6, 6.07) is 3.90. The Morgan fingerprint density at radius 3 is 1.55 bits per heavy atom. The highest BCUT2D eigenvalue weighted by Crippen LogP contribution is 2.37.